The van der Waals surface area contributed by atoms with Crippen LogP contribution in [0.25, 0.3) is 0 Å². The molecule has 1 aliphatic carbocycles. The molecule has 0 bridgehead atoms. The Labute approximate surface area is 113 Å². The van der Waals surface area contributed by atoms with Gasteiger partial charge in [-0.1, -0.05) is 30.7 Å². The standard InChI is InChI=1S/C15H18ClNO/c1-11-7-8-15(9-11,10-17)14(2,18)12-3-5-13(16)6-4-12/h3-6,11,18H,7-9H2,1-2H3. The van der Waals surface area contributed by atoms with Crippen molar-refractivity contribution in [2.24, 2.45) is 11.3 Å². The Hall–Kier alpha value is -1.04. The molecule has 0 aromatic heterocycles. The Morgan fingerprint density at radius 3 is 2.50 bits per heavy atom. The summed E-state index contributed by atoms with van der Waals surface area (Å²) in [6, 6.07) is 9.52. The third-order valence-corrected chi connectivity index (χ3v) is 4.57. The molecule has 0 aliphatic heterocycles. The van der Waals surface area contributed by atoms with Crippen molar-refractivity contribution in [1.29, 1.82) is 5.26 Å². The first-order valence-corrected chi connectivity index (χ1v) is 6.69. The second-order valence-corrected chi connectivity index (χ2v) is 6.06. The van der Waals surface area contributed by atoms with Gasteiger partial charge in [0.05, 0.1) is 11.5 Å². The lowest BCUT2D eigenvalue weighted by atomic mass is 9.68. The smallest absolute Gasteiger partial charge is 0.105 e. The fraction of sp³-hybridized carbons (Fsp3) is 0.533. The van der Waals surface area contributed by atoms with Crippen LogP contribution in [0.2, 0.25) is 5.02 Å². The van der Waals surface area contributed by atoms with E-state index in [9.17, 15) is 10.4 Å². The van der Waals surface area contributed by atoms with Crippen LogP contribution in [0.15, 0.2) is 24.3 Å². The molecule has 0 heterocycles. The second kappa shape index (κ2) is 4.57. The number of hydrogen-bond acceptors (Lipinski definition) is 2. The van der Waals surface area contributed by atoms with Gasteiger partial charge in [0.25, 0.3) is 0 Å². The van der Waals surface area contributed by atoms with E-state index in [2.05, 4.69) is 13.0 Å². The maximum Gasteiger partial charge on any atom is 0.105 e. The Balaban J connectivity index is 2.41. The van der Waals surface area contributed by atoms with Crippen molar-refractivity contribution in [2.45, 2.75) is 38.7 Å². The summed E-state index contributed by atoms with van der Waals surface area (Å²) in [5, 5.41) is 21.1. The van der Waals surface area contributed by atoms with Crippen LogP contribution < -0.4 is 0 Å². The van der Waals surface area contributed by atoms with Crippen LogP contribution in [0.1, 0.15) is 38.7 Å². The van der Waals surface area contributed by atoms with Crippen LogP contribution in [0.3, 0.4) is 0 Å². The average Bonchev–Trinajstić information content (AvgIpc) is 2.73. The molecule has 2 nitrogen and oxygen atoms in total. The van der Waals surface area contributed by atoms with Crippen molar-refractivity contribution in [2.75, 3.05) is 0 Å². The number of aliphatic hydroxyl groups is 1. The summed E-state index contributed by atoms with van der Waals surface area (Å²) >= 11 is 5.87. The van der Waals surface area contributed by atoms with Gasteiger partial charge >= 0.3 is 0 Å². The quantitative estimate of drug-likeness (QED) is 0.880. The molecule has 3 unspecified atom stereocenters. The molecule has 1 N–H and O–H groups in total. The fourth-order valence-corrected chi connectivity index (χ4v) is 3.12. The van der Waals surface area contributed by atoms with Crippen LogP contribution in [0.5, 0.6) is 0 Å². The molecule has 1 aromatic carbocycles. The molecule has 0 saturated heterocycles. The number of halogens is 1. The topological polar surface area (TPSA) is 44.0 Å². The van der Waals surface area contributed by atoms with Gasteiger partial charge in [0.15, 0.2) is 0 Å². The minimum Gasteiger partial charge on any atom is -0.384 e. The van der Waals surface area contributed by atoms with Crippen molar-refractivity contribution < 1.29 is 5.11 Å². The lowest BCUT2D eigenvalue weighted by Crippen LogP contribution is -2.41. The summed E-state index contributed by atoms with van der Waals surface area (Å²) in [4.78, 5) is 0. The fourth-order valence-electron chi connectivity index (χ4n) is 3.00. The first-order valence-electron chi connectivity index (χ1n) is 6.31. The molecule has 96 valence electrons. The van der Waals surface area contributed by atoms with E-state index < -0.39 is 11.0 Å². The summed E-state index contributed by atoms with van der Waals surface area (Å²) in [6.07, 6.45) is 2.50. The van der Waals surface area contributed by atoms with Crippen molar-refractivity contribution in [3.63, 3.8) is 0 Å². The van der Waals surface area contributed by atoms with Crippen LogP contribution in [0, 0.1) is 22.7 Å². The van der Waals surface area contributed by atoms with E-state index in [0.717, 1.165) is 24.8 Å². The number of benzene rings is 1. The predicted molar refractivity (Wildman–Crippen MR) is 72.1 cm³/mol. The molecule has 1 aromatic rings. The van der Waals surface area contributed by atoms with E-state index in [1.165, 1.54) is 0 Å². The summed E-state index contributed by atoms with van der Waals surface area (Å²) in [6.45, 7) is 3.88. The highest BCUT2D eigenvalue weighted by Crippen LogP contribution is 2.52. The number of nitrogens with zero attached hydrogens (tertiary/aromatic N) is 1. The monoisotopic (exact) mass is 263 g/mol. The lowest BCUT2D eigenvalue weighted by molar-refractivity contribution is -0.0438. The molecule has 3 heteroatoms. The molecule has 0 spiro atoms. The molecular weight excluding hydrogens is 246 g/mol. The third kappa shape index (κ3) is 2.02. The molecule has 2 rings (SSSR count). The lowest BCUT2D eigenvalue weighted by Gasteiger charge is -2.38. The summed E-state index contributed by atoms with van der Waals surface area (Å²) in [7, 11) is 0. The Morgan fingerprint density at radius 1 is 1.44 bits per heavy atom. The van der Waals surface area contributed by atoms with E-state index in [-0.39, 0.29) is 0 Å². The maximum atomic E-state index is 10.9. The average molecular weight is 264 g/mol. The largest absolute Gasteiger partial charge is 0.384 e. The van der Waals surface area contributed by atoms with Crippen LogP contribution >= 0.6 is 11.6 Å². The van der Waals surface area contributed by atoms with Crippen LogP contribution in [-0.2, 0) is 5.60 Å². The minimum absolute atomic E-state index is 0.489. The van der Waals surface area contributed by atoms with Gasteiger partial charge in [0.1, 0.15) is 5.60 Å². The summed E-state index contributed by atoms with van der Waals surface area (Å²) in [5.74, 6) is 0.489. The van der Waals surface area contributed by atoms with Gasteiger partial charge in [-0.2, -0.15) is 5.26 Å². The molecular formula is C15H18ClNO. The molecule has 1 saturated carbocycles. The second-order valence-electron chi connectivity index (χ2n) is 5.62. The first-order chi connectivity index (χ1) is 8.41. The molecule has 1 aliphatic rings. The maximum absolute atomic E-state index is 10.9. The summed E-state index contributed by atoms with van der Waals surface area (Å²) < 4.78 is 0. The number of rotatable bonds is 2. The van der Waals surface area contributed by atoms with Crippen LogP contribution in [-0.4, -0.2) is 5.11 Å². The molecule has 18 heavy (non-hydrogen) atoms. The van der Waals surface area contributed by atoms with E-state index in [1.807, 2.05) is 12.1 Å². The van der Waals surface area contributed by atoms with Gasteiger partial charge in [-0.15, -0.1) is 0 Å². The van der Waals surface area contributed by atoms with Crippen LogP contribution in [0.4, 0.5) is 0 Å². The van der Waals surface area contributed by atoms with E-state index in [0.29, 0.717) is 10.9 Å². The molecule has 1 fully saturated rings. The molecule has 0 radical (unpaired) electrons. The Bertz CT molecular complexity index is 474. The van der Waals surface area contributed by atoms with Gasteiger partial charge < -0.3 is 5.11 Å². The van der Waals surface area contributed by atoms with Crippen molar-refractivity contribution in [1.82, 2.24) is 0 Å². The zero-order chi connectivity index (χ0) is 13.4. The zero-order valence-electron chi connectivity index (χ0n) is 10.8. The van der Waals surface area contributed by atoms with Crippen molar-refractivity contribution in [3.8, 4) is 6.07 Å². The normalized spacial score (nSPS) is 30.7. The van der Waals surface area contributed by atoms with Gasteiger partial charge in [-0.25, -0.2) is 0 Å². The van der Waals surface area contributed by atoms with Crippen molar-refractivity contribution in [3.05, 3.63) is 34.9 Å². The van der Waals surface area contributed by atoms with E-state index in [4.69, 9.17) is 11.6 Å². The SMILES string of the molecule is CC1CCC(C#N)(C(C)(O)c2ccc(Cl)cc2)C1. The van der Waals surface area contributed by atoms with Gasteiger partial charge in [-0.3, -0.25) is 0 Å². The first kappa shape index (κ1) is 13.4. The highest BCUT2D eigenvalue weighted by molar-refractivity contribution is 6.30. The highest BCUT2D eigenvalue weighted by Gasteiger charge is 2.52. The van der Waals surface area contributed by atoms with Crippen molar-refractivity contribution >= 4 is 11.6 Å². The Kier molecular flexibility index (Phi) is 3.40. The third-order valence-electron chi connectivity index (χ3n) is 4.31. The van der Waals surface area contributed by atoms with Gasteiger partial charge in [-0.05, 0) is 49.8 Å². The van der Waals surface area contributed by atoms with Gasteiger partial charge in [0, 0.05) is 5.02 Å². The summed E-state index contributed by atoms with van der Waals surface area (Å²) in [5.41, 5.74) is -1.04. The minimum atomic E-state index is -1.13. The predicted octanol–water partition coefficient (Wildman–Crippen LogP) is 3.88. The molecule has 3 atom stereocenters. The zero-order valence-corrected chi connectivity index (χ0v) is 11.5. The number of hydrogen-bond donors (Lipinski definition) is 1. The van der Waals surface area contributed by atoms with Gasteiger partial charge in [0.2, 0.25) is 0 Å². The van der Waals surface area contributed by atoms with E-state index >= 15 is 0 Å². The Morgan fingerprint density at radius 2 is 2.06 bits per heavy atom. The number of nitriles is 1. The highest BCUT2D eigenvalue weighted by atomic mass is 35.5. The molecule has 0 amide bonds. The van der Waals surface area contributed by atoms with E-state index in [1.54, 1.807) is 19.1 Å².